The third kappa shape index (κ3) is 1.95. The molecule has 0 atom stereocenters. The Morgan fingerprint density at radius 2 is 1.95 bits per heavy atom. The van der Waals surface area contributed by atoms with Crippen molar-refractivity contribution in [1.29, 1.82) is 0 Å². The number of amides is 4. The molecule has 1 aliphatic carbocycles. The minimum Gasteiger partial charge on any atom is -0.277 e. The molecule has 2 aliphatic rings. The van der Waals surface area contributed by atoms with Crippen LogP contribution in [0.1, 0.15) is 35.4 Å². The minimum absolute atomic E-state index is 0.248. The van der Waals surface area contributed by atoms with Crippen molar-refractivity contribution in [2.45, 2.75) is 39.2 Å². The number of barbiturate groups is 1. The molecule has 106 valence electrons. The third-order valence-electron chi connectivity index (χ3n) is 4.12. The molecule has 6 heteroatoms. The lowest BCUT2D eigenvalue weighted by atomic mass is 9.82. The van der Waals surface area contributed by atoms with Gasteiger partial charge in [0.25, 0.3) is 0 Å². The van der Waals surface area contributed by atoms with Crippen LogP contribution in [0.3, 0.4) is 0 Å². The van der Waals surface area contributed by atoms with E-state index in [1.807, 2.05) is 19.1 Å². The number of imide groups is 2. The average Bonchev–Trinajstić information content (AvgIpc) is 3.03. The molecule has 5 nitrogen and oxygen atoms in total. The fraction of sp³-hybridized carbons (Fsp3) is 0.500. The van der Waals surface area contributed by atoms with Crippen molar-refractivity contribution in [3.05, 3.63) is 21.9 Å². The van der Waals surface area contributed by atoms with Gasteiger partial charge in [-0.1, -0.05) is 12.8 Å². The summed E-state index contributed by atoms with van der Waals surface area (Å²) in [4.78, 5) is 39.9. The normalized spacial score (nSPS) is 21.6. The van der Waals surface area contributed by atoms with Crippen LogP contribution >= 0.6 is 11.3 Å². The maximum Gasteiger partial charge on any atom is 0.331 e. The highest BCUT2D eigenvalue weighted by Gasteiger charge is 2.54. The third-order valence-corrected chi connectivity index (χ3v) is 5.11. The van der Waals surface area contributed by atoms with Crippen molar-refractivity contribution in [2.24, 2.45) is 5.41 Å². The number of rotatable bonds is 2. The van der Waals surface area contributed by atoms with Crippen molar-refractivity contribution in [2.75, 3.05) is 0 Å². The number of aryl methyl sites for hydroxylation is 1. The molecule has 2 heterocycles. The van der Waals surface area contributed by atoms with Crippen molar-refractivity contribution < 1.29 is 14.4 Å². The summed E-state index contributed by atoms with van der Waals surface area (Å²) in [5.74, 6) is -0.738. The fourth-order valence-corrected chi connectivity index (χ4v) is 3.90. The molecule has 2 fully saturated rings. The first kappa shape index (κ1) is 13.3. The molecule has 0 bridgehead atoms. The zero-order valence-electron chi connectivity index (χ0n) is 11.3. The van der Waals surface area contributed by atoms with Crippen LogP contribution in [-0.4, -0.2) is 22.7 Å². The van der Waals surface area contributed by atoms with Crippen LogP contribution in [0.4, 0.5) is 4.79 Å². The van der Waals surface area contributed by atoms with Gasteiger partial charge in [-0.25, -0.2) is 4.79 Å². The van der Waals surface area contributed by atoms with E-state index in [1.54, 1.807) is 11.3 Å². The molecule has 1 spiro atoms. The Kier molecular flexibility index (Phi) is 3.12. The number of nitrogens with one attached hydrogen (secondary N) is 1. The fourth-order valence-electron chi connectivity index (χ4n) is 3.02. The summed E-state index contributed by atoms with van der Waals surface area (Å²) in [6.07, 6.45) is 2.81. The summed E-state index contributed by atoms with van der Waals surface area (Å²) < 4.78 is 0. The van der Waals surface area contributed by atoms with Gasteiger partial charge in [-0.3, -0.25) is 19.8 Å². The van der Waals surface area contributed by atoms with Crippen molar-refractivity contribution in [3.8, 4) is 0 Å². The molecule has 0 radical (unpaired) electrons. The van der Waals surface area contributed by atoms with E-state index >= 15 is 0 Å². The van der Waals surface area contributed by atoms with Gasteiger partial charge in [0, 0.05) is 9.75 Å². The SMILES string of the molecule is Cc1ccc(CN2C(=O)NC(=O)C3(CCCC3)C2=O)s1. The first-order chi connectivity index (χ1) is 9.53. The molecule has 1 N–H and O–H groups in total. The van der Waals surface area contributed by atoms with Crippen LogP contribution in [0, 0.1) is 12.3 Å². The number of thiophene rings is 1. The first-order valence-corrected chi connectivity index (χ1v) is 7.57. The van der Waals surface area contributed by atoms with E-state index in [1.165, 1.54) is 4.90 Å². The largest absolute Gasteiger partial charge is 0.331 e. The molecule has 20 heavy (non-hydrogen) atoms. The second kappa shape index (κ2) is 4.70. The van der Waals surface area contributed by atoms with E-state index in [-0.39, 0.29) is 12.5 Å². The van der Waals surface area contributed by atoms with E-state index in [9.17, 15) is 14.4 Å². The molecular formula is C14H16N2O3S. The lowest BCUT2D eigenvalue weighted by molar-refractivity contribution is -0.151. The Morgan fingerprint density at radius 3 is 2.55 bits per heavy atom. The number of urea groups is 1. The molecule has 1 saturated carbocycles. The Labute approximate surface area is 121 Å². The van der Waals surface area contributed by atoms with Crippen LogP contribution < -0.4 is 5.32 Å². The summed E-state index contributed by atoms with van der Waals surface area (Å²) in [5, 5.41) is 2.35. The summed E-state index contributed by atoms with van der Waals surface area (Å²) in [6.45, 7) is 2.23. The average molecular weight is 292 g/mol. The zero-order chi connectivity index (χ0) is 14.3. The van der Waals surface area contributed by atoms with Crippen LogP contribution in [0.5, 0.6) is 0 Å². The van der Waals surface area contributed by atoms with Crippen LogP contribution in [0.25, 0.3) is 0 Å². The Bertz CT molecular complexity index is 587. The van der Waals surface area contributed by atoms with Gasteiger partial charge in [-0.05, 0) is 31.9 Å². The molecule has 3 rings (SSSR count). The molecular weight excluding hydrogens is 276 g/mol. The predicted molar refractivity (Wildman–Crippen MR) is 74.0 cm³/mol. The highest BCUT2D eigenvalue weighted by molar-refractivity contribution is 7.11. The number of carbonyl (C=O) groups excluding carboxylic acids is 3. The van der Waals surface area contributed by atoms with Crippen LogP contribution in [-0.2, 0) is 16.1 Å². The Hall–Kier alpha value is -1.69. The lowest BCUT2D eigenvalue weighted by Gasteiger charge is -2.36. The van der Waals surface area contributed by atoms with Crippen molar-refractivity contribution >= 4 is 29.2 Å². The van der Waals surface area contributed by atoms with Gasteiger partial charge in [0.05, 0.1) is 6.54 Å². The van der Waals surface area contributed by atoms with Crippen LogP contribution in [0.15, 0.2) is 12.1 Å². The highest BCUT2D eigenvalue weighted by Crippen LogP contribution is 2.42. The Morgan fingerprint density at radius 1 is 1.25 bits per heavy atom. The maximum absolute atomic E-state index is 12.6. The topological polar surface area (TPSA) is 66.5 Å². The molecule has 0 unspecified atom stereocenters. The summed E-state index contributed by atoms with van der Waals surface area (Å²) in [5.41, 5.74) is -1.000. The monoisotopic (exact) mass is 292 g/mol. The van der Waals surface area contributed by atoms with Crippen LogP contribution in [0.2, 0.25) is 0 Å². The van der Waals surface area contributed by atoms with E-state index in [0.717, 1.165) is 22.6 Å². The molecule has 1 aromatic rings. The van der Waals surface area contributed by atoms with Gasteiger partial charge >= 0.3 is 6.03 Å². The predicted octanol–water partition coefficient (Wildman–Crippen LogP) is 2.20. The van der Waals surface area contributed by atoms with Gasteiger partial charge in [-0.15, -0.1) is 11.3 Å². The lowest BCUT2D eigenvalue weighted by Crippen LogP contribution is -2.62. The van der Waals surface area contributed by atoms with E-state index in [4.69, 9.17) is 0 Å². The molecule has 1 aliphatic heterocycles. The number of hydrogen-bond donors (Lipinski definition) is 1. The number of nitrogens with zero attached hydrogens (tertiary/aromatic N) is 1. The summed E-state index contributed by atoms with van der Waals surface area (Å²) >= 11 is 1.56. The van der Waals surface area contributed by atoms with Gasteiger partial charge in [0.15, 0.2) is 0 Å². The molecule has 1 aromatic heterocycles. The van der Waals surface area contributed by atoms with Gasteiger partial charge in [-0.2, -0.15) is 0 Å². The van der Waals surface area contributed by atoms with Gasteiger partial charge < -0.3 is 0 Å². The molecule has 0 aromatic carbocycles. The van der Waals surface area contributed by atoms with Crippen molar-refractivity contribution in [1.82, 2.24) is 10.2 Å². The second-order valence-corrected chi connectivity index (χ2v) is 6.82. The smallest absolute Gasteiger partial charge is 0.277 e. The van der Waals surface area contributed by atoms with E-state index in [0.29, 0.717) is 12.8 Å². The molecule has 4 amide bonds. The summed E-state index contributed by atoms with van der Waals surface area (Å²) in [7, 11) is 0. The number of hydrogen-bond acceptors (Lipinski definition) is 4. The second-order valence-electron chi connectivity index (χ2n) is 5.45. The zero-order valence-corrected chi connectivity index (χ0v) is 12.1. The van der Waals surface area contributed by atoms with Crippen molar-refractivity contribution in [3.63, 3.8) is 0 Å². The quantitative estimate of drug-likeness (QED) is 0.850. The van der Waals surface area contributed by atoms with Gasteiger partial charge in [0.1, 0.15) is 5.41 Å². The summed E-state index contributed by atoms with van der Waals surface area (Å²) in [6, 6.07) is 3.28. The standard InChI is InChI=1S/C14H16N2O3S/c1-9-4-5-10(20-9)8-16-12(18)14(6-2-3-7-14)11(17)15-13(16)19/h4-5H,2-3,6-8H2,1H3,(H,15,17,19). The maximum atomic E-state index is 12.6. The van der Waals surface area contributed by atoms with Gasteiger partial charge in [0.2, 0.25) is 11.8 Å². The van der Waals surface area contributed by atoms with E-state index < -0.39 is 17.4 Å². The minimum atomic E-state index is -1.000. The Balaban J connectivity index is 1.88. The number of carbonyl (C=O) groups is 3. The molecule has 1 saturated heterocycles. The first-order valence-electron chi connectivity index (χ1n) is 6.76. The highest BCUT2D eigenvalue weighted by atomic mass is 32.1. The van der Waals surface area contributed by atoms with E-state index in [2.05, 4.69) is 5.32 Å².